The molecule has 2 aromatic carbocycles. The molecule has 7 rings (SSSR count). The van der Waals surface area contributed by atoms with Crippen molar-refractivity contribution in [3.05, 3.63) is 125 Å². The topological polar surface area (TPSA) is 171 Å². The molecule has 2 aromatic heterocycles. The van der Waals surface area contributed by atoms with Crippen LogP contribution in [0.25, 0.3) is 0 Å². The maximum absolute atomic E-state index is 14.1. The zero-order valence-electron chi connectivity index (χ0n) is 33.0. The SMILES string of the molecule is CC(=O)O.CC(C)n1c(=O)[nH]c(N[C@@H](C)c2ccccc2)c(F)c1=O.CC(C)n1c(=O)cc(N[C@@H](C)c2ccccc2)[nH]c1=O.F[N+]12CC[N+](CCl)(CC1)CC2. The van der Waals surface area contributed by atoms with Crippen molar-refractivity contribution in [2.75, 3.05) is 55.9 Å². The lowest BCUT2D eigenvalue weighted by Crippen LogP contribution is -2.71. The summed E-state index contributed by atoms with van der Waals surface area (Å²) < 4.78 is 30.4. The number of benzene rings is 2. The van der Waals surface area contributed by atoms with E-state index in [-0.39, 0.29) is 34.2 Å². The number of piperazine rings is 3. The Morgan fingerprint density at radius 2 is 1.20 bits per heavy atom. The minimum atomic E-state index is -0.980. The number of aliphatic carboxylic acids is 1. The maximum Gasteiger partial charge on any atom is 0.330 e. The van der Waals surface area contributed by atoms with Crippen molar-refractivity contribution in [2.24, 2.45) is 0 Å². The quantitative estimate of drug-likeness (QED) is 0.0636. The highest BCUT2D eigenvalue weighted by atomic mass is 35.5. The third-order valence-electron chi connectivity index (χ3n) is 9.59. The molecule has 4 aromatic rings. The largest absolute Gasteiger partial charge is 0.481 e. The number of aromatic amines is 2. The van der Waals surface area contributed by atoms with E-state index < -0.39 is 34.8 Å². The zero-order valence-corrected chi connectivity index (χ0v) is 33.8. The predicted molar refractivity (Wildman–Crippen MR) is 215 cm³/mol. The molecule has 5 N–H and O–H groups in total. The fraction of sp³-hybridized carbons (Fsp3) is 0.462. The molecule has 0 radical (unpaired) electrons. The highest BCUT2D eigenvalue weighted by Crippen LogP contribution is 2.27. The minimum absolute atomic E-state index is 0.00106. The normalized spacial score (nSPS) is 19.3. The first-order chi connectivity index (χ1) is 26.3. The van der Waals surface area contributed by atoms with Gasteiger partial charge < -0.3 is 15.7 Å². The zero-order chi connectivity index (χ0) is 41.8. The first kappa shape index (κ1) is 45.3. The van der Waals surface area contributed by atoms with Crippen LogP contribution in [0.3, 0.4) is 0 Å². The number of aromatic nitrogens is 4. The number of carbonyl (C=O) groups is 1. The van der Waals surface area contributed by atoms with E-state index in [1.807, 2.05) is 74.5 Å². The van der Waals surface area contributed by atoms with Crippen LogP contribution < -0.4 is 33.1 Å². The molecule has 14 nitrogen and oxygen atoms in total. The van der Waals surface area contributed by atoms with Gasteiger partial charge in [-0.3, -0.25) is 38.0 Å². The van der Waals surface area contributed by atoms with E-state index in [0.717, 1.165) is 46.7 Å². The van der Waals surface area contributed by atoms with E-state index in [4.69, 9.17) is 21.5 Å². The predicted octanol–water partition coefficient (Wildman–Crippen LogP) is 5.54. The molecule has 0 aliphatic carbocycles. The Morgan fingerprint density at radius 3 is 1.61 bits per heavy atom. The number of hydrogen-bond donors (Lipinski definition) is 5. The third-order valence-corrected chi connectivity index (χ3v) is 10.1. The molecule has 0 saturated carbocycles. The molecule has 3 fully saturated rings. The lowest BCUT2D eigenvalue weighted by molar-refractivity contribution is -1.15. The van der Waals surface area contributed by atoms with Gasteiger partial charge in [0, 0.05) is 37.2 Å². The highest BCUT2D eigenvalue weighted by molar-refractivity contribution is 6.17. The van der Waals surface area contributed by atoms with Crippen LogP contribution in [-0.2, 0) is 4.79 Å². The maximum atomic E-state index is 14.1. The molecule has 56 heavy (non-hydrogen) atoms. The first-order valence-electron chi connectivity index (χ1n) is 18.5. The molecule has 17 heteroatoms. The molecular formula is C39H55ClF2N8O6+2. The van der Waals surface area contributed by atoms with E-state index in [2.05, 4.69) is 20.6 Å². The Morgan fingerprint density at radius 1 is 0.768 bits per heavy atom. The molecule has 0 spiro atoms. The summed E-state index contributed by atoms with van der Waals surface area (Å²) in [5, 5.41) is 13.4. The second kappa shape index (κ2) is 20.2. The Kier molecular flexibility index (Phi) is 16.4. The van der Waals surface area contributed by atoms with Gasteiger partial charge in [-0.25, -0.2) is 9.59 Å². The minimum Gasteiger partial charge on any atom is -0.481 e. The van der Waals surface area contributed by atoms with Crippen molar-refractivity contribution in [1.29, 1.82) is 0 Å². The molecule has 0 unspecified atom stereocenters. The van der Waals surface area contributed by atoms with Crippen LogP contribution in [0, 0.1) is 5.82 Å². The third kappa shape index (κ3) is 12.5. The van der Waals surface area contributed by atoms with Gasteiger partial charge in [-0.2, -0.15) is 4.39 Å². The second-order valence-corrected chi connectivity index (χ2v) is 14.8. The summed E-state index contributed by atoms with van der Waals surface area (Å²) in [4.78, 5) is 61.7. The summed E-state index contributed by atoms with van der Waals surface area (Å²) >= 11 is 5.85. The van der Waals surface area contributed by atoms with Gasteiger partial charge in [-0.15, -0.1) is 4.71 Å². The molecule has 3 aliphatic rings. The van der Waals surface area contributed by atoms with E-state index >= 15 is 0 Å². The number of nitrogens with zero attached hydrogens (tertiary/aromatic N) is 4. The van der Waals surface area contributed by atoms with E-state index in [0.29, 0.717) is 31.5 Å². The van der Waals surface area contributed by atoms with Crippen LogP contribution in [-0.4, -0.2) is 84.6 Å². The Bertz CT molecular complexity index is 2060. The van der Waals surface area contributed by atoms with E-state index in [1.54, 1.807) is 27.7 Å². The average molecular weight is 805 g/mol. The number of hydrogen-bond acceptors (Lipinski definition) is 7. The second-order valence-electron chi connectivity index (χ2n) is 14.6. The monoisotopic (exact) mass is 804 g/mol. The van der Waals surface area contributed by atoms with Crippen molar-refractivity contribution in [3.8, 4) is 0 Å². The summed E-state index contributed by atoms with van der Waals surface area (Å²) in [6.07, 6.45) is 0. The van der Waals surface area contributed by atoms with Gasteiger partial charge in [-0.05, 0) is 57.2 Å². The molecule has 2 atom stereocenters. The van der Waals surface area contributed by atoms with Crippen LogP contribution in [0.15, 0.2) is 85.9 Å². The van der Waals surface area contributed by atoms with Gasteiger partial charge in [0.05, 0.1) is 0 Å². The van der Waals surface area contributed by atoms with Crippen molar-refractivity contribution in [3.63, 3.8) is 0 Å². The van der Waals surface area contributed by atoms with Gasteiger partial charge in [0.15, 0.2) is 25.6 Å². The van der Waals surface area contributed by atoms with Crippen LogP contribution >= 0.6 is 11.6 Å². The first-order valence-corrected chi connectivity index (χ1v) is 19.0. The number of quaternary nitrogens is 2. The van der Waals surface area contributed by atoms with Crippen molar-refractivity contribution in [1.82, 2.24) is 19.1 Å². The number of fused-ring (bicyclic) bond motifs is 3. The fourth-order valence-corrected chi connectivity index (χ4v) is 6.65. The van der Waals surface area contributed by atoms with Gasteiger partial charge in [-0.1, -0.05) is 72.3 Å². The molecule has 5 heterocycles. The summed E-state index contributed by atoms with van der Waals surface area (Å²) in [7, 11) is 0. The van der Waals surface area contributed by atoms with Crippen LogP contribution in [0.5, 0.6) is 0 Å². The number of rotatable bonds is 9. The van der Waals surface area contributed by atoms with E-state index in [9.17, 15) is 28.0 Å². The van der Waals surface area contributed by atoms with Gasteiger partial charge in [0.1, 0.15) is 31.3 Å². The fourth-order valence-electron chi connectivity index (χ4n) is 6.29. The molecule has 3 aliphatic heterocycles. The Balaban J connectivity index is 0.000000223. The smallest absolute Gasteiger partial charge is 0.330 e. The van der Waals surface area contributed by atoms with Crippen LogP contribution in [0.1, 0.15) is 83.8 Å². The van der Waals surface area contributed by atoms with Gasteiger partial charge in [0.2, 0.25) is 5.82 Å². The number of anilines is 2. The Hall–Kier alpha value is -5.06. The lowest BCUT2D eigenvalue weighted by atomic mass is 10.1. The number of halogens is 3. The summed E-state index contributed by atoms with van der Waals surface area (Å²) in [6.45, 7) is 16.6. The van der Waals surface area contributed by atoms with Crippen LogP contribution in [0.4, 0.5) is 20.5 Å². The van der Waals surface area contributed by atoms with Gasteiger partial charge in [0.25, 0.3) is 17.1 Å². The Labute approximate surface area is 329 Å². The molecular weight excluding hydrogens is 750 g/mol. The summed E-state index contributed by atoms with van der Waals surface area (Å²) in [6, 6.07) is 20.5. The number of nitrogens with one attached hydrogen (secondary N) is 4. The summed E-state index contributed by atoms with van der Waals surface area (Å²) in [5.41, 5.74) is -0.232. The van der Waals surface area contributed by atoms with Crippen molar-refractivity contribution < 1.29 is 28.0 Å². The summed E-state index contributed by atoms with van der Waals surface area (Å²) in [5.74, 6) is -1.56. The van der Waals surface area contributed by atoms with Crippen molar-refractivity contribution >= 4 is 29.2 Å². The molecule has 306 valence electrons. The molecule has 0 amide bonds. The lowest BCUT2D eigenvalue weighted by Gasteiger charge is -2.48. The van der Waals surface area contributed by atoms with Crippen LogP contribution in [0.2, 0.25) is 0 Å². The van der Waals surface area contributed by atoms with E-state index in [1.165, 1.54) is 10.6 Å². The average Bonchev–Trinajstić information content (AvgIpc) is 3.14. The van der Waals surface area contributed by atoms with Crippen molar-refractivity contribution in [2.45, 2.75) is 72.6 Å². The molecule has 2 bridgehead atoms. The van der Waals surface area contributed by atoms with Gasteiger partial charge >= 0.3 is 11.4 Å². The number of carboxylic acids is 1. The number of carboxylic acid groups (broad SMARTS) is 1. The number of alkyl halides is 1. The standard InChI is InChI=1S/C15H18FN3O2.C15H19N3O2.C7H14ClFN2.C2H4O2/c1-9(2)19-14(20)12(16)13(18-15(19)21)17-10(3)11-7-5-4-6-8-11;1-10(2)18-14(19)9-13(17-15(18)20)16-11(3)12-7-5-4-6-8-12;8-7-10-1-4-11(9,5-2-10)6-3-10;1-2(3)4/h4-10,17H,1-3H3,(H,18,21);4-11,16H,1-3H3,(H,17,20);1-7H2;1H3,(H,3,4)/q;;+2;/t10-;11-;;/m00../s1. The highest BCUT2D eigenvalue weighted by Gasteiger charge is 2.50. The molecule has 3 saturated heterocycles. The number of H-pyrrole nitrogens is 2.